The van der Waals surface area contributed by atoms with Crippen molar-refractivity contribution in [1.82, 2.24) is 4.90 Å². The quantitative estimate of drug-likeness (QED) is 0.410. The number of amides is 1. The van der Waals surface area contributed by atoms with Crippen LogP contribution in [0.3, 0.4) is 0 Å². The van der Waals surface area contributed by atoms with Gasteiger partial charge in [0.15, 0.2) is 0 Å². The van der Waals surface area contributed by atoms with Crippen LogP contribution in [0.4, 0.5) is 0 Å². The fourth-order valence-corrected chi connectivity index (χ4v) is 6.17. The number of hydrogen-bond acceptors (Lipinski definition) is 2. The first-order valence-electron chi connectivity index (χ1n) is 12.3. The summed E-state index contributed by atoms with van der Waals surface area (Å²) in [6.45, 7) is 7.91. The van der Waals surface area contributed by atoms with Gasteiger partial charge in [-0.15, -0.1) is 0 Å². The van der Waals surface area contributed by atoms with Gasteiger partial charge in [0.25, 0.3) is 0 Å². The van der Waals surface area contributed by atoms with Crippen LogP contribution < -0.4 is 22.7 Å². The average Bonchev–Trinajstić information content (AvgIpc) is 3.43. The van der Waals surface area contributed by atoms with Crippen molar-refractivity contribution in [3.8, 4) is 0 Å². The highest BCUT2D eigenvalue weighted by Crippen LogP contribution is 2.48. The van der Waals surface area contributed by atoms with Crippen LogP contribution in [0.5, 0.6) is 0 Å². The lowest BCUT2D eigenvalue weighted by Crippen LogP contribution is -3.00. The molecule has 4 nitrogen and oxygen atoms in total. The molecule has 1 fully saturated rings. The average molecular weight is 513 g/mol. The summed E-state index contributed by atoms with van der Waals surface area (Å²) in [6, 6.07) is 20.9. The van der Waals surface area contributed by atoms with E-state index in [1.807, 2.05) is 36.4 Å². The van der Waals surface area contributed by atoms with Gasteiger partial charge >= 0.3 is 0 Å². The molecule has 1 aliphatic heterocycles. The van der Waals surface area contributed by atoms with Crippen molar-refractivity contribution < 1.29 is 26.4 Å². The standard InChI is InChI=1S/C28H37N3O.BrH/c1-3-4-11-18-30-19-20-31(22(30)2)26-17-16-25(21-26)28(27(29)32,23-12-7-5-8-13-23)24-14-9-6-10-15-24;/h5-10,12-15,25-26H,3-4,11,16-21H2,1-2H3,(H-,29,32);1H. The Kier molecular flexibility index (Phi) is 8.75. The van der Waals surface area contributed by atoms with Gasteiger partial charge in [0, 0.05) is 6.92 Å². The van der Waals surface area contributed by atoms with Crippen molar-refractivity contribution in [3.63, 3.8) is 0 Å². The second-order valence-corrected chi connectivity index (χ2v) is 9.50. The molecule has 0 bridgehead atoms. The molecule has 1 heterocycles. The Morgan fingerprint density at radius 1 is 1.03 bits per heavy atom. The molecule has 2 aromatic carbocycles. The first-order valence-corrected chi connectivity index (χ1v) is 12.3. The van der Waals surface area contributed by atoms with Crippen LogP contribution in [0.25, 0.3) is 0 Å². The van der Waals surface area contributed by atoms with E-state index in [-0.39, 0.29) is 28.8 Å². The van der Waals surface area contributed by atoms with Gasteiger partial charge in [-0.2, -0.15) is 0 Å². The van der Waals surface area contributed by atoms with E-state index < -0.39 is 5.41 Å². The minimum absolute atomic E-state index is 0. The molecule has 1 amide bonds. The van der Waals surface area contributed by atoms with Gasteiger partial charge < -0.3 is 22.7 Å². The predicted molar refractivity (Wildman–Crippen MR) is 131 cm³/mol. The second kappa shape index (κ2) is 11.3. The molecule has 2 atom stereocenters. The maximum absolute atomic E-state index is 13.3. The molecule has 1 saturated carbocycles. The van der Waals surface area contributed by atoms with Crippen LogP contribution >= 0.6 is 0 Å². The summed E-state index contributed by atoms with van der Waals surface area (Å²) in [7, 11) is 0. The van der Waals surface area contributed by atoms with E-state index in [4.69, 9.17) is 5.73 Å². The van der Waals surface area contributed by atoms with Crippen LogP contribution in [-0.2, 0) is 10.2 Å². The van der Waals surface area contributed by atoms with E-state index in [0.717, 1.165) is 50.0 Å². The Balaban J connectivity index is 0.00000306. The first kappa shape index (κ1) is 25.5. The van der Waals surface area contributed by atoms with Gasteiger partial charge in [-0.1, -0.05) is 74.0 Å². The van der Waals surface area contributed by atoms with Gasteiger partial charge in [-0.3, -0.25) is 14.3 Å². The highest BCUT2D eigenvalue weighted by Gasteiger charge is 2.52. The fraction of sp³-hybridized carbons (Fsp3) is 0.500. The summed E-state index contributed by atoms with van der Waals surface area (Å²) < 4.78 is 2.55. The van der Waals surface area contributed by atoms with Crippen molar-refractivity contribution in [2.45, 2.75) is 63.8 Å². The number of carbonyl (C=O) groups excluding carboxylic acids is 1. The summed E-state index contributed by atoms with van der Waals surface area (Å²) in [4.78, 5) is 15.9. The Morgan fingerprint density at radius 3 is 2.18 bits per heavy atom. The molecule has 0 saturated heterocycles. The van der Waals surface area contributed by atoms with Crippen molar-refractivity contribution in [2.24, 2.45) is 11.7 Å². The molecule has 1 aliphatic carbocycles. The lowest BCUT2D eigenvalue weighted by atomic mass is 9.64. The van der Waals surface area contributed by atoms with E-state index in [1.165, 1.54) is 25.1 Å². The molecular weight excluding hydrogens is 474 g/mol. The van der Waals surface area contributed by atoms with E-state index in [9.17, 15) is 4.79 Å². The van der Waals surface area contributed by atoms with E-state index in [2.05, 4.69) is 47.6 Å². The Labute approximate surface area is 209 Å². The summed E-state index contributed by atoms with van der Waals surface area (Å²) in [5.41, 5.74) is 7.52. The molecule has 0 spiro atoms. The topological polar surface area (TPSA) is 49.3 Å². The number of rotatable bonds is 9. The zero-order chi connectivity index (χ0) is 22.6. The normalized spacial score (nSPS) is 20.7. The van der Waals surface area contributed by atoms with Crippen molar-refractivity contribution >= 4 is 11.7 Å². The first-order chi connectivity index (χ1) is 15.6. The molecule has 5 heteroatoms. The van der Waals surface area contributed by atoms with Crippen LogP contribution in [-0.4, -0.2) is 46.9 Å². The maximum Gasteiger partial charge on any atom is 0.244 e. The van der Waals surface area contributed by atoms with Crippen molar-refractivity contribution in [1.29, 1.82) is 0 Å². The fourth-order valence-electron chi connectivity index (χ4n) is 6.17. The van der Waals surface area contributed by atoms with Crippen LogP contribution in [0.15, 0.2) is 60.7 Å². The Hall–Kier alpha value is -2.14. The molecule has 4 rings (SSSR count). The third-order valence-corrected chi connectivity index (χ3v) is 7.82. The number of nitrogens with zero attached hydrogens (tertiary/aromatic N) is 2. The van der Waals surface area contributed by atoms with Crippen LogP contribution in [0.2, 0.25) is 0 Å². The maximum atomic E-state index is 13.3. The summed E-state index contributed by atoms with van der Waals surface area (Å²) in [5, 5.41) is 0. The summed E-state index contributed by atoms with van der Waals surface area (Å²) in [6.07, 6.45) is 6.94. The number of hydrogen-bond donors (Lipinski definition) is 1. The molecule has 33 heavy (non-hydrogen) atoms. The Bertz CT molecular complexity index is 905. The number of primary amides is 1. The zero-order valence-corrected chi connectivity index (χ0v) is 21.6. The molecule has 178 valence electrons. The molecule has 0 radical (unpaired) electrons. The highest BCUT2D eigenvalue weighted by molar-refractivity contribution is 5.91. The predicted octanol–water partition coefficient (Wildman–Crippen LogP) is 1.57. The third-order valence-electron chi connectivity index (χ3n) is 7.82. The largest absolute Gasteiger partial charge is 1.00 e. The lowest BCUT2D eigenvalue weighted by molar-refractivity contribution is -0.519. The number of halogens is 1. The van der Waals surface area contributed by atoms with Gasteiger partial charge in [-0.05, 0) is 49.1 Å². The second-order valence-electron chi connectivity index (χ2n) is 9.50. The van der Waals surface area contributed by atoms with Gasteiger partial charge in [-0.25, -0.2) is 0 Å². The minimum atomic E-state index is -0.786. The van der Waals surface area contributed by atoms with Crippen LogP contribution in [0.1, 0.15) is 63.5 Å². The minimum Gasteiger partial charge on any atom is -1.00 e. The number of carbonyl (C=O) groups is 1. The van der Waals surface area contributed by atoms with Gasteiger partial charge in [0.2, 0.25) is 11.7 Å². The number of nitrogens with two attached hydrogens (primary N) is 1. The zero-order valence-electron chi connectivity index (χ0n) is 20.1. The van der Waals surface area contributed by atoms with Crippen LogP contribution in [0, 0.1) is 5.92 Å². The van der Waals surface area contributed by atoms with Crippen molar-refractivity contribution in [2.75, 3.05) is 19.6 Å². The molecule has 2 unspecified atom stereocenters. The van der Waals surface area contributed by atoms with Gasteiger partial charge in [0.05, 0.1) is 12.6 Å². The summed E-state index contributed by atoms with van der Waals surface area (Å²) in [5.74, 6) is 1.37. The molecule has 2 N–H and O–H groups in total. The molecule has 2 aliphatic rings. The van der Waals surface area contributed by atoms with E-state index >= 15 is 0 Å². The van der Waals surface area contributed by atoms with E-state index in [1.54, 1.807) is 0 Å². The lowest BCUT2D eigenvalue weighted by Gasteiger charge is -2.37. The SMILES string of the molecule is CCCCC[N+]1=C(C)N(C2CCC(C(C(N)=O)(c3ccccc3)c3ccccc3)C2)CC1.[Br-]. The number of unbranched alkanes of at least 4 members (excludes halogenated alkanes) is 2. The molecular formula is C28H38BrN3O. The van der Waals surface area contributed by atoms with Crippen molar-refractivity contribution in [3.05, 3.63) is 71.8 Å². The number of amidine groups is 1. The summed E-state index contributed by atoms with van der Waals surface area (Å²) >= 11 is 0. The number of benzene rings is 2. The highest BCUT2D eigenvalue weighted by atomic mass is 79.9. The smallest absolute Gasteiger partial charge is 0.244 e. The van der Waals surface area contributed by atoms with E-state index in [0.29, 0.717) is 6.04 Å². The third kappa shape index (κ3) is 4.89. The van der Waals surface area contributed by atoms with Gasteiger partial charge in [0.1, 0.15) is 18.5 Å². The molecule has 0 aromatic heterocycles. The monoisotopic (exact) mass is 511 g/mol. The molecule has 2 aromatic rings. The Morgan fingerprint density at radius 2 is 1.64 bits per heavy atom.